The summed E-state index contributed by atoms with van der Waals surface area (Å²) in [6.45, 7) is 6.40. The minimum atomic E-state index is -3.78. The van der Waals surface area contributed by atoms with Gasteiger partial charge in [0.1, 0.15) is 11.5 Å². The third kappa shape index (κ3) is 6.98. The van der Waals surface area contributed by atoms with E-state index in [0.717, 1.165) is 11.1 Å². The van der Waals surface area contributed by atoms with Crippen molar-refractivity contribution in [2.45, 2.75) is 32.2 Å². The Bertz CT molecular complexity index is 1190. The van der Waals surface area contributed by atoms with Crippen LogP contribution in [0.5, 0.6) is 11.5 Å². The number of rotatable bonds is 10. The maximum absolute atomic E-state index is 12.7. The summed E-state index contributed by atoms with van der Waals surface area (Å²) in [6.07, 6.45) is 0. The number of aryl methyl sites for hydroxylation is 2. The molecular formula is C25H28N2O5S. The molecule has 1 amide bonds. The second-order valence-corrected chi connectivity index (χ2v) is 9.22. The molecule has 2 N–H and O–H groups in total. The van der Waals surface area contributed by atoms with Gasteiger partial charge in [-0.25, -0.2) is 8.42 Å². The van der Waals surface area contributed by atoms with Crippen LogP contribution in [-0.2, 0) is 21.4 Å². The van der Waals surface area contributed by atoms with Crippen molar-refractivity contribution in [3.05, 3.63) is 83.4 Å². The van der Waals surface area contributed by atoms with Gasteiger partial charge in [0.05, 0.1) is 11.5 Å². The summed E-state index contributed by atoms with van der Waals surface area (Å²) in [4.78, 5) is 12.2. The van der Waals surface area contributed by atoms with Crippen molar-refractivity contribution >= 4 is 21.6 Å². The molecule has 0 saturated carbocycles. The molecule has 0 unspecified atom stereocenters. The van der Waals surface area contributed by atoms with E-state index in [4.69, 9.17) is 9.47 Å². The fourth-order valence-electron chi connectivity index (χ4n) is 3.05. The summed E-state index contributed by atoms with van der Waals surface area (Å²) in [5.41, 5.74) is 3.20. The molecule has 0 fully saturated rings. The molecule has 0 saturated heterocycles. The van der Waals surface area contributed by atoms with Gasteiger partial charge in [0.25, 0.3) is 15.9 Å². The Hall–Kier alpha value is -3.52. The maximum Gasteiger partial charge on any atom is 0.261 e. The van der Waals surface area contributed by atoms with Crippen LogP contribution in [-0.4, -0.2) is 27.5 Å². The minimum Gasteiger partial charge on any atom is -0.494 e. The average molecular weight is 469 g/mol. The summed E-state index contributed by atoms with van der Waals surface area (Å²) in [7, 11) is -3.78. The minimum absolute atomic E-state index is 0.102. The van der Waals surface area contributed by atoms with Crippen molar-refractivity contribution in [1.29, 1.82) is 0 Å². The summed E-state index contributed by atoms with van der Waals surface area (Å²) in [5.74, 6) is 0.852. The van der Waals surface area contributed by atoms with Gasteiger partial charge in [-0.3, -0.25) is 9.52 Å². The standard InChI is InChI=1S/C25H28N2O5S/c1-4-31-22-11-9-21(10-12-22)27-33(29,30)23-13-14-24(19(3)15-23)32-17-25(28)26-16-20-7-5-18(2)6-8-20/h5-15,27H,4,16-17H2,1-3H3,(H,26,28). The third-order valence-electron chi connectivity index (χ3n) is 4.84. The molecule has 0 heterocycles. The molecule has 3 aromatic carbocycles. The molecule has 0 radical (unpaired) electrons. The molecule has 0 aliphatic rings. The zero-order valence-electron chi connectivity index (χ0n) is 18.9. The average Bonchev–Trinajstić information content (AvgIpc) is 2.79. The molecule has 3 rings (SSSR count). The summed E-state index contributed by atoms with van der Waals surface area (Å²) >= 11 is 0. The lowest BCUT2D eigenvalue weighted by Crippen LogP contribution is -2.28. The van der Waals surface area contributed by atoms with E-state index < -0.39 is 10.0 Å². The van der Waals surface area contributed by atoms with E-state index in [1.54, 1.807) is 37.3 Å². The van der Waals surface area contributed by atoms with Crippen molar-refractivity contribution < 1.29 is 22.7 Å². The predicted molar refractivity (Wildman–Crippen MR) is 128 cm³/mol. The van der Waals surface area contributed by atoms with Crippen molar-refractivity contribution in [1.82, 2.24) is 5.32 Å². The highest BCUT2D eigenvalue weighted by molar-refractivity contribution is 7.92. The normalized spacial score (nSPS) is 11.0. The molecule has 174 valence electrons. The van der Waals surface area contributed by atoms with Crippen molar-refractivity contribution in [3.63, 3.8) is 0 Å². The molecule has 33 heavy (non-hydrogen) atoms. The summed E-state index contributed by atoms with van der Waals surface area (Å²) in [6, 6.07) is 19.1. The van der Waals surface area contributed by atoms with E-state index in [2.05, 4.69) is 10.0 Å². The number of sulfonamides is 1. The maximum atomic E-state index is 12.7. The van der Waals surface area contributed by atoms with Crippen molar-refractivity contribution in [3.8, 4) is 11.5 Å². The number of anilines is 1. The molecule has 0 atom stereocenters. The molecular weight excluding hydrogens is 440 g/mol. The molecule has 0 bridgehead atoms. The first-order chi connectivity index (χ1) is 15.8. The van der Waals surface area contributed by atoms with E-state index in [-0.39, 0.29) is 17.4 Å². The van der Waals surface area contributed by atoms with Crippen LogP contribution in [0.2, 0.25) is 0 Å². The lowest BCUT2D eigenvalue weighted by molar-refractivity contribution is -0.123. The van der Waals surface area contributed by atoms with E-state index in [0.29, 0.717) is 35.9 Å². The zero-order chi connectivity index (χ0) is 23.8. The van der Waals surface area contributed by atoms with E-state index in [9.17, 15) is 13.2 Å². The summed E-state index contributed by atoms with van der Waals surface area (Å²) < 4.78 is 39.0. The Morgan fingerprint density at radius 1 is 0.909 bits per heavy atom. The van der Waals surface area contributed by atoms with Crippen LogP contribution in [0.1, 0.15) is 23.6 Å². The largest absolute Gasteiger partial charge is 0.494 e. The summed E-state index contributed by atoms with van der Waals surface area (Å²) in [5, 5.41) is 2.80. The number of amides is 1. The Balaban J connectivity index is 1.56. The SMILES string of the molecule is CCOc1ccc(NS(=O)(=O)c2ccc(OCC(=O)NCc3ccc(C)cc3)c(C)c2)cc1. The molecule has 0 aliphatic heterocycles. The molecule has 0 spiro atoms. The Morgan fingerprint density at radius 3 is 2.24 bits per heavy atom. The first kappa shape index (κ1) is 24.1. The third-order valence-corrected chi connectivity index (χ3v) is 6.22. The van der Waals surface area contributed by atoms with Crippen LogP contribution in [0, 0.1) is 13.8 Å². The highest BCUT2D eigenvalue weighted by Gasteiger charge is 2.16. The molecule has 8 heteroatoms. The number of ether oxygens (including phenoxy) is 2. The van der Waals surface area contributed by atoms with E-state index >= 15 is 0 Å². The fourth-order valence-corrected chi connectivity index (χ4v) is 4.20. The van der Waals surface area contributed by atoms with Crippen molar-refractivity contribution in [2.24, 2.45) is 0 Å². The lowest BCUT2D eigenvalue weighted by atomic mass is 10.1. The monoisotopic (exact) mass is 468 g/mol. The van der Waals surface area contributed by atoms with Crippen molar-refractivity contribution in [2.75, 3.05) is 17.9 Å². The van der Waals surface area contributed by atoms with Gasteiger partial charge in [0.2, 0.25) is 0 Å². The van der Waals surface area contributed by atoms with Crippen LogP contribution in [0.15, 0.2) is 71.6 Å². The molecule has 0 aromatic heterocycles. The van der Waals surface area contributed by atoms with Gasteiger partial charge < -0.3 is 14.8 Å². The van der Waals surface area contributed by atoms with Crippen LogP contribution in [0.4, 0.5) is 5.69 Å². The lowest BCUT2D eigenvalue weighted by Gasteiger charge is -2.13. The Kier molecular flexibility index (Phi) is 7.95. The first-order valence-electron chi connectivity index (χ1n) is 10.6. The topological polar surface area (TPSA) is 93.7 Å². The number of carbonyl (C=O) groups is 1. The smallest absolute Gasteiger partial charge is 0.261 e. The zero-order valence-corrected chi connectivity index (χ0v) is 19.7. The van der Waals surface area contributed by atoms with Gasteiger partial charge in [0.15, 0.2) is 6.61 Å². The van der Waals surface area contributed by atoms with Gasteiger partial charge in [-0.1, -0.05) is 29.8 Å². The van der Waals surface area contributed by atoms with Gasteiger partial charge in [-0.15, -0.1) is 0 Å². The van der Waals surface area contributed by atoms with Crippen LogP contribution in [0.3, 0.4) is 0 Å². The molecule has 3 aromatic rings. The van der Waals surface area contributed by atoms with Crippen LogP contribution in [0.25, 0.3) is 0 Å². The van der Waals surface area contributed by atoms with Gasteiger partial charge in [-0.2, -0.15) is 0 Å². The highest BCUT2D eigenvalue weighted by atomic mass is 32.2. The quantitative estimate of drug-likeness (QED) is 0.465. The number of benzene rings is 3. The second kappa shape index (κ2) is 10.9. The van der Waals surface area contributed by atoms with Gasteiger partial charge >= 0.3 is 0 Å². The number of hydrogen-bond donors (Lipinski definition) is 2. The van der Waals surface area contributed by atoms with Crippen LogP contribution < -0.4 is 19.5 Å². The molecule has 7 nitrogen and oxygen atoms in total. The van der Waals surface area contributed by atoms with Gasteiger partial charge in [0, 0.05) is 12.2 Å². The van der Waals surface area contributed by atoms with E-state index in [1.807, 2.05) is 38.1 Å². The predicted octanol–water partition coefficient (Wildman–Crippen LogP) is 4.20. The number of hydrogen-bond acceptors (Lipinski definition) is 5. The first-order valence-corrected chi connectivity index (χ1v) is 12.1. The Labute approximate surface area is 194 Å². The number of carbonyl (C=O) groups excluding carboxylic acids is 1. The van der Waals surface area contributed by atoms with E-state index in [1.165, 1.54) is 12.1 Å². The number of nitrogens with one attached hydrogen (secondary N) is 2. The molecule has 0 aliphatic carbocycles. The Morgan fingerprint density at radius 2 is 1.61 bits per heavy atom. The second-order valence-electron chi connectivity index (χ2n) is 7.54. The van der Waals surface area contributed by atoms with Crippen LogP contribution >= 0.6 is 0 Å². The van der Waals surface area contributed by atoms with Gasteiger partial charge in [-0.05, 0) is 74.4 Å². The highest BCUT2D eigenvalue weighted by Crippen LogP contribution is 2.24. The fraction of sp³-hybridized carbons (Fsp3) is 0.240.